The molecule has 0 aliphatic carbocycles. The van der Waals surface area contributed by atoms with Crippen LogP contribution in [-0.2, 0) is 0 Å². The Morgan fingerprint density at radius 3 is 2.67 bits per heavy atom. The van der Waals surface area contributed by atoms with Gasteiger partial charge in [-0.2, -0.15) is 0 Å². The van der Waals surface area contributed by atoms with Gasteiger partial charge in [0.1, 0.15) is 0 Å². The third-order valence-electron chi connectivity index (χ3n) is 3.07. The molecule has 1 aromatic carbocycles. The molecule has 0 aromatic heterocycles. The second kappa shape index (κ2) is 8.21. The van der Waals surface area contributed by atoms with E-state index in [1.54, 1.807) is 11.0 Å². The number of carbonyl (C=O) groups is 1. The van der Waals surface area contributed by atoms with E-state index in [1.807, 2.05) is 13.8 Å². The number of non-ortho nitro benzene ring substituents is 1. The summed E-state index contributed by atoms with van der Waals surface area (Å²) in [4.78, 5) is 24.5. The van der Waals surface area contributed by atoms with Gasteiger partial charge in [0.15, 0.2) is 0 Å². The predicted molar refractivity (Wildman–Crippen MR) is 80.5 cm³/mol. The fourth-order valence-corrected chi connectivity index (χ4v) is 2.00. The number of hydrogen-bond donors (Lipinski definition) is 2. The molecule has 21 heavy (non-hydrogen) atoms. The lowest BCUT2D eigenvalue weighted by atomic mass is 10.1. The van der Waals surface area contributed by atoms with E-state index in [0.717, 1.165) is 0 Å². The molecule has 7 heteroatoms. The first kappa shape index (κ1) is 16.9. The van der Waals surface area contributed by atoms with Crippen LogP contribution in [0.15, 0.2) is 18.2 Å². The van der Waals surface area contributed by atoms with E-state index in [9.17, 15) is 14.9 Å². The summed E-state index contributed by atoms with van der Waals surface area (Å²) in [6, 6.07) is 4.22. The first-order valence-corrected chi connectivity index (χ1v) is 6.97. The lowest BCUT2D eigenvalue weighted by molar-refractivity contribution is -0.384. The van der Waals surface area contributed by atoms with E-state index in [1.165, 1.54) is 12.1 Å². The number of nitrogens with one attached hydrogen (secondary N) is 1. The van der Waals surface area contributed by atoms with Crippen molar-refractivity contribution in [1.29, 1.82) is 0 Å². The zero-order valence-corrected chi connectivity index (χ0v) is 12.3. The van der Waals surface area contributed by atoms with Gasteiger partial charge in [-0.1, -0.05) is 0 Å². The van der Waals surface area contributed by atoms with Crippen LogP contribution < -0.4 is 5.32 Å². The second-order valence-electron chi connectivity index (χ2n) is 4.48. The Bertz CT molecular complexity index is 505. The van der Waals surface area contributed by atoms with Gasteiger partial charge in [0.05, 0.1) is 10.5 Å². The molecule has 0 aliphatic rings. The Kier molecular flexibility index (Phi) is 6.61. The molecule has 0 unspecified atom stereocenters. The van der Waals surface area contributed by atoms with Crippen molar-refractivity contribution < 1.29 is 14.8 Å². The Morgan fingerprint density at radius 2 is 2.14 bits per heavy atom. The number of nitro benzene ring substituents is 1. The fraction of sp³-hybridized carbons (Fsp3) is 0.500. The summed E-state index contributed by atoms with van der Waals surface area (Å²) in [6.45, 7) is 5.23. The monoisotopic (exact) mass is 295 g/mol. The number of carbonyl (C=O) groups excluding carboxylic acids is 1. The molecule has 7 nitrogen and oxygen atoms in total. The molecule has 0 radical (unpaired) electrons. The van der Waals surface area contributed by atoms with Crippen LogP contribution >= 0.6 is 0 Å². The summed E-state index contributed by atoms with van der Waals surface area (Å²) in [5.41, 5.74) is 0.750. The molecular weight excluding hydrogens is 274 g/mol. The Balaban J connectivity index is 3.13. The molecule has 0 atom stereocenters. The minimum absolute atomic E-state index is 0.00121. The number of rotatable bonds is 8. The molecule has 2 N–H and O–H groups in total. The van der Waals surface area contributed by atoms with Crippen molar-refractivity contribution in [2.75, 3.05) is 31.6 Å². The quantitative estimate of drug-likeness (QED) is 0.564. The number of aliphatic hydroxyl groups excluding tert-OH is 1. The van der Waals surface area contributed by atoms with Gasteiger partial charge in [0.2, 0.25) is 0 Å². The molecular formula is C14H21N3O4. The van der Waals surface area contributed by atoms with Gasteiger partial charge in [-0.25, -0.2) is 0 Å². The maximum absolute atomic E-state index is 12.5. The van der Waals surface area contributed by atoms with Gasteiger partial charge in [0, 0.05) is 44.1 Å². The minimum atomic E-state index is -0.517. The van der Waals surface area contributed by atoms with Gasteiger partial charge in [-0.05, 0) is 26.3 Å². The number of aliphatic hydroxyl groups is 1. The van der Waals surface area contributed by atoms with E-state index in [2.05, 4.69) is 5.32 Å². The molecule has 116 valence electrons. The molecule has 0 spiro atoms. The highest BCUT2D eigenvalue weighted by Crippen LogP contribution is 2.23. The van der Waals surface area contributed by atoms with E-state index in [-0.39, 0.29) is 23.8 Å². The average molecular weight is 295 g/mol. The van der Waals surface area contributed by atoms with E-state index in [0.29, 0.717) is 31.7 Å². The van der Waals surface area contributed by atoms with Crippen molar-refractivity contribution in [3.05, 3.63) is 33.9 Å². The van der Waals surface area contributed by atoms with E-state index < -0.39 is 4.92 Å². The predicted octanol–water partition coefficient (Wildman–Crippen LogP) is 1.87. The topological polar surface area (TPSA) is 95.7 Å². The number of nitro groups is 1. The van der Waals surface area contributed by atoms with Gasteiger partial charge in [-0.3, -0.25) is 14.9 Å². The first-order valence-electron chi connectivity index (χ1n) is 6.97. The van der Waals surface area contributed by atoms with Crippen molar-refractivity contribution >= 4 is 17.3 Å². The molecule has 0 saturated heterocycles. The molecule has 0 aliphatic heterocycles. The molecule has 1 rings (SSSR count). The van der Waals surface area contributed by atoms with Crippen LogP contribution in [0.1, 0.15) is 30.6 Å². The smallest absolute Gasteiger partial charge is 0.270 e. The van der Waals surface area contributed by atoms with Crippen LogP contribution in [0.5, 0.6) is 0 Å². The summed E-state index contributed by atoms with van der Waals surface area (Å²) >= 11 is 0. The highest BCUT2D eigenvalue weighted by Gasteiger charge is 2.20. The molecule has 0 bridgehead atoms. The largest absolute Gasteiger partial charge is 0.396 e. The normalized spacial score (nSPS) is 10.2. The number of amides is 1. The molecule has 1 amide bonds. The van der Waals surface area contributed by atoms with Gasteiger partial charge >= 0.3 is 0 Å². The summed E-state index contributed by atoms with van der Waals surface area (Å²) in [7, 11) is 0. The fourth-order valence-electron chi connectivity index (χ4n) is 2.00. The van der Waals surface area contributed by atoms with Crippen molar-refractivity contribution in [2.24, 2.45) is 0 Å². The molecule has 1 aromatic rings. The van der Waals surface area contributed by atoms with Crippen LogP contribution in [0.3, 0.4) is 0 Å². The van der Waals surface area contributed by atoms with Gasteiger partial charge in [-0.15, -0.1) is 0 Å². The SMILES string of the molecule is CCNc1ccc([N+](=O)[O-])cc1C(=O)N(CC)CCCO. The standard InChI is InChI=1S/C14H21N3O4/c1-3-15-13-7-6-11(17(20)21)10-12(13)14(19)16(4-2)8-5-9-18/h6-7,10,15,18H,3-5,8-9H2,1-2H3. The highest BCUT2D eigenvalue weighted by molar-refractivity contribution is 6.00. The lowest BCUT2D eigenvalue weighted by Crippen LogP contribution is -2.32. The Labute approximate surface area is 123 Å². The Morgan fingerprint density at radius 1 is 1.43 bits per heavy atom. The summed E-state index contributed by atoms with van der Waals surface area (Å²) in [5.74, 6) is -0.273. The van der Waals surface area contributed by atoms with Crippen LogP contribution in [0.25, 0.3) is 0 Å². The maximum Gasteiger partial charge on any atom is 0.270 e. The minimum Gasteiger partial charge on any atom is -0.396 e. The van der Waals surface area contributed by atoms with Crippen molar-refractivity contribution in [1.82, 2.24) is 4.90 Å². The van der Waals surface area contributed by atoms with E-state index >= 15 is 0 Å². The van der Waals surface area contributed by atoms with Gasteiger partial charge < -0.3 is 15.3 Å². The molecule has 0 heterocycles. The van der Waals surface area contributed by atoms with Crippen LogP contribution in [0.4, 0.5) is 11.4 Å². The Hall–Kier alpha value is -2.15. The maximum atomic E-state index is 12.5. The summed E-state index contributed by atoms with van der Waals surface area (Å²) < 4.78 is 0. The lowest BCUT2D eigenvalue weighted by Gasteiger charge is -2.22. The second-order valence-corrected chi connectivity index (χ2v) is 4.48. The number of hydrogen-bond acceptors (Lipinski definition) is 5. The van der Waals surface area contributed by atoms with Crippen molar-refractivity contribution in [3.8, 4) is 0 Å². The zero-order chi connectivity index (χ0) is 15.8. The number of anilines is 1. The highest BCUT2D eigenvalue weighted by atomic mass is 16.6. The average Bonchev–Trinajstić information content (AvgIpc) is 2.48. The summed E-state index contributed by atoms with van der Waals surface area (Å²) in [6.07, 6.45) is 0.477. The van der Waals surface area contributed by atoms with Crippen LogP contribution in [0.2, 0.25) is 0 Å². The van der Waals surface area contributed by atoms with Crippen molar-refractivity contribution in [3.63, 3.8) is 0 Å². The summed E-state index contributed by atoms with van der Waals surface area (Å²) in [5, 5.41) is 22.8. The number of nitrogens with zero attached hydrogens (tertiary/aromatic N) is 2. The van der Waals surface area contributed by atoms with Gasteiger partial charge in [0.25, 0.3) is 11.6 Å². The van der Waals surface area contributed by atoms with E-state index in [4.69, 9.17) is 5.11 Å². The van der Waals surface area contributed by atoms with Crippen LogP contribution in [0, 0.1) is 10.1 Å². The molecule has 0 saturated carbocycles. The third kappa shape index (κ3) is 4.42. The van der Waals surface area contributed by atoms with Crippen molar-refractivity contribution in [2.45, 2.75) is 20.3 Å². The number of benzene rings is 1. The molecule has 0 fully saturated rings. The van der Waals surface area contributed by atoms with Crippen LogP contribution in [-0.4, -0.2) is 47.1 Å². The third-order valence-corrected chi connectivity index (χ3v) is 3.07. The zero-order valence-electron chi connectivity index (χ0n) is 12.3. The first-order chi connectivity index (χ1) is 10.0.